The molecule has 4 heteroatoms. The van der Waals surface area contributed by atoms with E-state index in [1.165, 1.54) is 5.56 Å². The molecule has 3 rings (SSSR count). The Morgan fingerprint density at radius 3 is 3.15 bits per heavy atom. The molecule has 1 N–H and O–H groups in total. The molecule has 0 fully saturated rings. The molecule has 1 aliphatic rings. The van der Waals surface area contributed by atoms with Gasteiger partial charge in [-0.1, -0.05) is 6.07 Å². The Labute approximate surface area is 119 Å². The molecule has 0 saturated carbocycles. The second-order valence-electron chi connectivity index (χ2n) is 5.26. The van der Waals surface area contributed by atoms with Crippen molar-refractivity contribution in [3.8, 4) is 5.75 Å². The van der Waals surface area contributed by atoms with E-state index in [1.54, 1.807) is 0 Å². The summed E-state index contributed by atoms with van der Waals surface area (Å²) in [5.41, 5.74) is 3.34. The fourth-order valence-corrected chi connectivity index (χ4v) is 2.68. The predicted octanol–water partition coefficient (Wildman–Crippen LogP) is 2.85. The third kappa shape index (κ3) is 2.70. The van der Waals surface area contributed by atoms with Gasteiger partial charge >= 0.3 is 0 Å². The average molecular weight is 272 g/mol. The van der Waals surface area contributed by atoms with E-state index in [1.807, 2.05) is 29.2 Å². The Bertz CT molecular complexity index is 592. The normalized spacial score (nSPS) is 17.8. The third-order valence-electron chi connectivity index (χ3n) is 3.81. The minimum Gasteiger partial charge on any atom is -0.489 e. The van der Waals surface area contributed by atoms with Gasteiger partial charge in [-0.15, -0.1) is 0 Å². The van der Waals surface area contributed by atoms with E-state index < -0.39 is 0 Å². The number of ether oxygens (including phenoxy) is 1. The third-order valence-corrected chi connectivity index (χ3v) is 3.81. The smallest absolute Gasteiger partial charge is 0.120 e. The molecule has 1 aromatic heterocycles. The maximum absolute atomic E-state index is 9.94. The lowest BCUT2D eigenvalue weighted by molar-refractivity contribution is 0.156. The molecule has 0 aliphatic heterocycles. The van der Waals surface area contributed by atoms with Crippen molar-refractivity contribution < 1.29 is 9.84 Å². The van der Waals surface area contributed by atoms with Crippen LogP contribution in [0.1, 0.15) is 42.6 Å². The first-order valence-corrected chi connectivity index (χ1v) is 7.21. The molecule has 1 aliphatic carbocycles. The molecule has 1 aromatic carbocycles. The maximum Gasteiger partial charge on any atom is 0.120 e. The van der Waals surface area contributed by atoms with Crippen LogP contribution in [-0.2, 0) is 19.6 Å². The van der Waals surface area contributed by atoms with Crippen molar-refractivity contribution in [3.63, 3.8) is 0 Å². The second kappa shape index (κ2) is 5.67. The summed E-state index contributed by atoms with van der Waals surface area (Å²) >= 11 is 0. The van der Waals surface area contributed by atoms with E-state index in [4.69, 9.17) is 4.74 Å². The van der Waals surface area contributed by atoms with Crippen molar-refractivity contribution in [2.75, 3.05) is 0 Å². The molecule has 1 atom stereocenters. The highest BCUT2D eigenvalue weighted by Gasteiger charge is 2.18. The molecule has 0 spiro atoms. The van der Waals surface area contributed by atoms with Crippen LogP contribution in [0.15, 0.2) is 30.6 Å². The van der Waals surface area contributed by atoms with Crippen LogP contribution < -0.4 is 4.74 Å². The van der Waals surface area contributed by atoms with Gasteiger partial charge in [0.1, 0.15) is 12.4 Å². The van der Waals surface area contributed by atoms with Crippen molar-refractivity contribution in [1.29, 1.82) is 0 Å². The fraction of sp³-hybridized carbons (Fsp3) is 0.438. The molecule has 106 valence electrons. The fourth-order valence-electron chi connectivity index (χ4n) is 2.68. The zero-order chi connectivity index (χ0) is 13.9. The van der Waals surface area contributed by atoms with E-state index in [9.17, 15) is 5.11 Å². The molecule has 2 aromatic rings. The molecular formula is C16H20N2O2. The standard InChI is InChI=1S/C16H20N2O2/c1-2-18-10-12(9-17-18)11-20-14-6-7-15-13(8-14)4-3-5-16(15)19/h6-10,16,19H,2-5,11H2,1H3. The number of hydrogen-bond donors (Lipinski definition) is 1. The summed E-state index contributed by atoms with van der Waals surface area (Å²) in [6.45, 7) is 3.46. The Hall–Kier alpha value is -1.81. The maximum atomic E-state index is 9.94. The van der Waals surface area contributed by atoms with Crippen LogP contribution in [0.2, 0.25) is 0 Å². The topological polar surface area (TPSA) is 47.3 Å². The highest BCUT2D eigenvalue weighted by atomic mass is 16.5. The highest BCUT2D eigenvalue weighted by Crippen LogP contribution is 2.32. The summed E-state index contributed by atoms with van der Waals surface area (Å²) in [6.07, 6.45) is 6.46. The molecule has 0 amide bonds. The lowest BCUT2D eigenvalue weighted by Crippen LogP contribution is -2.09. The first kappa shape index (κ1) is 13.2. The van der Waals surface area contributed by atoms with Crippen LogP contribution >= 0.6 is 0 Å². The molecule has 0 saturated heterocycles. The zero-order valence-corrected chi connectivity index (χ0v) is 11.7. The average Bonchev–Trinajstić information content (AvgIpc) is 2.93. The van der Waals surface area contributed by atoms with Gasteiger partial charge in [-0.2, -0.15) is 5.10 Å². The van der Waals surface area contributed by atoms with E-state index in [2.05, 4.69) is 18.1 Å². The van der Waals surface area contributed by atoms with Gasteiger partial charge in [-0.05, 0) is 49.4 Å². The second-order valence-corrected chi connectivity index (χ2v) is 5.26. The first-order chi connectivity index (χ1) is 9.76. The minimum atomic E-state index is -0.310. The molecule has 0 radical (unpaired) electrons. The van der Waals surface area contributed by atoms with Gasteiger partial charge < -0.3 is 9.84 Å². The van der Waals surface area contributed by atoms with E-state index in [0.29, 0.717) is 6.61 Å². The Kier molecular flexibility index (Phi) is 3.74. The van der Waals surface area contributed by atoms with Crippen molar-refractivity contribution in [3.05, 3.63) is 47.3 Å². The zero-order valence-electron chi connectivity index (χ0n) is 11.7. The minimum absolute atomic E-state index is 0.310. The first-order valence-electron chi connectivity index (χ1n) is 7.21. The van der Waals surface area contributed by atoms with Crippen molar-refractivity contribution in [1.82, 2.24) is 9.78 Å². The molecule has 1 unspecified atom stereocenters. The Morgan fingerprint density at radius 2 is 2.35 bits per heavy atom. The van der Waals surface area contributed by atoms with Crippen molar-refractivity contribution in [2.24, 2.45) is 0 Å². The van der Waals surface area contributed by atoms with Crippen LogP contribution in [0, 0.1) is 0 Å². The Balaban J connectivity index is 1.68. The summed E-state index contributed by atoms with van der Waals surface area (Å²) in [5.74, 6) is 0.863. The molecule has 1 heterocycles. The van der Waals surface area contributed by atoms with Crippen LogP contribution in [-0.4, -0.2) is 14.9 Å². The molecular weight excluding hydrogens is 252 g/mol. The van der Waals surface area contributed by atoms with Crippen LogP contribution in [0.4, 0.5) is 0 Å². The van der Waals surface area contributed by atoms with Gasteiger partial charge in [-0.3, -0.25) is 4.68 Å². The van der Waals surface area contributed by atoms with Gasteiger partial charge in [-0.25, -0.2) is 0 Å². The number of nitrogens with zero attached hydrogens (tertiary/aromatic N) is 2. The lowest BCUT2D eigenvalue weighted by atomic mass is 9.89. The number of aromatic nitrogens is 2. The monoisotopic (exact) mass is 272 g/mol. The van der Waals surface area contributed by atoms with E-state index >= 15 is 0 Å². The largest absolute Gasteiger partial charge is 0.489 e. The van der Waals surface area contributed by atoms with Gasteiger partial charge in [0.2, 0.25) is 0 Å². The summed E-state index contributed by atoms with van der Waals surface area (Å²) in [7, 11) is 0. The highest BCUT2D eigenvalue weighted by molar-refractivity contribution is 5.38. The van der Waals surface area contributed by atoms with Crippen LogP contribution in [0.5, 0.6) is 5.75 Å². The quantitative estimate of drug-likeness (QED) is 0.931. The SMILES string of the molecule is CCn1cc(COc2ccc3c(c2)CCCC3O)cn1. The van der Waals surface area contributed by atoms with Crippen LogP contribution in [0.3, 0.4) is 0 Å². The summed E-state index contributed by atoms with van der Waals surface area (Å²) in [6, 6.07) is 5.99. The van der Waals surface area contributed by atoms with Gasteiger partial charge in [0.15, 0.2) is 0 Å². The van der Waals surface area contributed by atoms with Gasteiger partial charge in [0, 0.05) is 18.3 Å². The van der Waals surface area contributed by atoms with Crippen molar-refractivity contribution >= 4 is 0 Å². The molecule has 0 bridgehead atoms. The summed E-state index contributed by atoms with van der Waals surface area (Å²) in [5, 5.41) is 14.2. The number of rotatable bonds is 4. The molecule has 4 nitrogen and oxygen atoms in total. The molecule has 20 heavy (non-hydrogen) atoms. The van der Waals surface area contributed by atoms with E-state index in [0.717, 1.165) is 42.7 Å². The number of aliphatic hydroxyl groups excluding tert-OH is 1. The summed E-state index contributed by atoms with van der Waals surface area (Å²) < 4.78 is 7.71. The van der Waals surface area contributed by atoms with Gasteiger partial charge in [0.05, 0.1) is 12.3 Å². The number of fused-ring (bicyclic) bond motifs is 1. The lowest BCUT2D eigenvalue weighted by Gasteiger charge is -2.21. The summed E-state index contributed by atoms with van der Waals surface area (Å²) in [4.78, 5) is 0. The van der Waals surface area contributed by atoms with E-state index in [-0.39, 0.29) is 6.10 Å². The Morgan fingerprint density at radius 1 is 1.45 bits per heavy atom. The number of aryl methyl sites for hydroxylation is 2. The number of hydrogen-bond acceptors (Lipinski definition) is 3. The number of benzene rings is 1. The number of aliphatic hydroxyl groups is 1. The predicted molar refractivity (Wildman–Crippen MR) is 76.6 cm³/mol. The van der Waals surface area contributed by atoms with Crippen molar-refractivity contribution in [2.45, 2.75) is 45.4 Å². The van der Waals surface area contributed by atoms with Crippen LogP contribution in [0.25, 0.3) is 0 Å². The van der Waals surface area contributed by atoms with Gasteiger partial charge in [0.25, 0.3) is 0 Å².